The minimum absolute atomic E-state index is 0.0721. The number of rotatable bonds is 10. The Kier molecular flexibility index (Phi) is 8.03. The van der Waals surface area contributed by atoms with E-state index in [0.29, 0.717) is 31.7 Å². The zero-order valence-corrected chi connectivity index (χ0v) is 19.0. The van der Waals surface area contributed by atoms with Gasteiger partial charge in [-0.25, -0.2) is 0 Å². The lowest BCUT2D eigenvalue weighted by atomic mass is 10.0. The number of hydrogen-bond donors (Lipinski definition) is 0. The van der Waals surface area contributed by atoms with Crippen LogP contribution < -0.4 is 4.18 Å². The maximum atomic E-state index is 13.2. The van der Waals surface area contributed by atoms with Gasteiger partial charge in [0.2, 0.25) is 0 Å². The van der Waals surface area contributed by atoms with Crippen molar-refractivity contribution >= 4 is 16.0 Å². The first-order valence-corrected chi connectivity index (χ1v) is 12.1. The molecule has 3 rings (SSSR count). The maximum Gasteiger partial charge on any atom is 0.306 e. The Bertz CT molecular complexity index is 1110. The van der Waals surface area contributed by atoms with E-state index >= 15 is 0 Å². The maximum absolute atomic E-state index is 13.2. The second-order valence-corrected chi connectivity index (χ2v) is 9.02. The van der Waals surface area contributed by atoms with Crippen LogP contribution in [-0.4, -0.2) is 45.7 Å². The molecule has 0 spiro atoms. The van der Waals surface area contributed by atoms with Crippen molar-refractivity contribution in [3.8, 4) is 16.9 Å². The Morgan fingerprint density at radius 1 is 0.875 bits per heavy atom. The lowest BCUT2D eigenvalue weighted by Crippen LogP contribution is -2.32. The van der Waals surface area contributed by atoms with Crippen LogP contribution in [0.5, 0.6) is 5.75 Å². The van der Waals surface area contributed by atoms with E-state index in [-0.39, 0.29) is 11.7 Å². The molecule has 0 atom stereocenters. The van der Waals surface area contributed by atoms with E-state index in [4.69, 9.17) is 8.92 Å². The monoisotopic (exact) mass is 453 g/mol. The molecule has 0 saturated carbocycles. The van der Waals surface area contributed by atoms with Gasteiger partial charge in [-0.1, -0.05) is 54.6 Å². The highest BCUT2D eigenvalue weighted by atomic mass is 32.2. The van der Waals surface area contributed by atoms with E-state index in [1.165, 1.54) is 0 Å². The summed E-state index contributed by atoms with van der Waals surface area (Å²) in [5, 5.41) is 0. The fraction of sp³-hybridized carbons (Fsp3) is 0.240. The molecule has 0 aliphatic rings. The number of ether oxygens (including phenoxy) is 1. The molecule has 0 bridgehead atoms. The van der Waals surface area contributed by atoms with Crippen molar-refractivity contribution in [3.05, 3.63) is 90.0 Å². The quantitative estimate of drug-likeness (QED) is 0.337. The fourth-order valence-electron chi connectivity index (χ4n) is 3.32. The summed E-state index contributed by atoms with van der Waals surface area (Å²) in [6.45, 7) is 1.48. The van der Waals surface area contributed by atoms with Gasteiger partial charge in [-0.3, -0.25) is 4.79 Å². The molecule has 7 heteroatoms. The molecule has 3 aromatic carbocycles. The van der Waals surface area contributed by atoms with Crippen molar-refractivity contribution in [2.75, 3.05) is 26.5 Å². The highest BCUT2D eigenvalue weighted by molar-refractivity contribution is 7.86. The first kappa shape index (κ1) is 23.5. The van der Waals surface area contributed by atoms with E-state index in [1.54, 1.807) is 36.3 Å². The molecule has 0 aromatic heterocycles. The fourth-order valence-corrected chi connectivity index (χ4v) is 3.78. The Balaban J connectivity index is 1.75. The van der Waals surface area contributed by atoms with Gasteiger partial charge in [-0.15, -0.1) is 0 Å². The van der Waals surface area contributed by atoms with Crippen molar-refractivity contribution in [1.29, 1.82) is 0 Å². The molecule has 0 aliphatic carbocycles. The van der Waals surface area contributed by atoms with E-state index in [1.807, 2.05) is 54.6 Å². The van der Waals surface area contributed by atoms with Crippen LogP contribution in [0.1, 0.15) is 22.3 Å². The van der Waals surface area contributed by atoms with Crippen LogP contribution in [0, 0.1) is 0 Å². The van der Waals surface area contributed by atoms with Crippen molar-refractivity contribution in [1.82, 2.24) is 4.90 Å². The number of benzene rings is 3. The third-order valence-corrected chi connectivity index (χ3v) is 5.34. The molecule has 0 N–H and O–H groups in total. The lowest BCUT2D eigenvalue weighted by Gasteiger charge is -2.23. The SMILES string of the molecule is COCCCN(Cc1ccc(OS(C)(=O)=O)cc1)C(=O)c1ccc(-c2ccccc2)cc1. The van der Waals surface area contributed by atoms with Gasteiger partial charge < -0.3 is 13.8 Å². The van der Waals surface area contributed by atoms with Gasteiger partial charge in [0.05, 0.1) is 6.26 Å². The Morgan fingerprint density at radius 2 is 1.50 bits per heavy atom. The minimum atomic E-state index is -3.58. The average molecular weight is 454 g/mol. The van der Waals surface area contributed by atoms with Crippen molar-refractivity contribution in [2.45, 2.75) is 13.0 Å². The van der Waals surface area contributed by atoms with Crippen LogP contribution in [0.25, 0.3) is 11.1 Å². The number of amides is 1. The minimum Gasteiger partial charge on any atom is -0.385 e. The summed E-state index contributed by atoms with van der Waals surface area (Å²) in [5.41, 5.74) is 3.63. The first-order valence-electron chi connectivity index (χ1n) is 10.3. The number of nitrogens with zero attached hydrogens (tertiary/aromatic N) is 1. The van der Waals surface area contributed by atoms with E-state index in [9.17, 15) is 13.2 Å². The molecule has 0 aliphatic heterocycles. The number of methoxy groups -OCH3 is 1. The number of hydrogen-bond acceptors (Lipinski definition) is 5. The molecule has 32 heavy (non-hydrogen) atoms. The number of carbonyl (C=O) groups is 1. The third-order valence-electron chi connectivity index (χ3n) is 4.85. The summed E-state index contributed by atoms with van der Waals surface area (Å²) in [6, 6.07) is 24.3. The molecule has 168 valence electrons. The average Bonchev–Trinajstić information content (AvgIpc) is 2.79. The second kappa shape index (κ2) is 10.9. The van der Waals surface area contributed by atoms with Crippen LogP contribution in [-0.2, 0) is 21.4 Å². The normalized spacial score (nSPS) is 11.2. The van der Waals surface area contributed by atoms with Gasteiger partial charge in [0.1, 0.15) is 5.75 Å². The Labute approximate surface area is 189 Å². The standard InChI is InChI=1S/C25H27NO5S/c1-30-18-6-17-26(19-20-9-15-24(16-10-20)31-32(2,28)29)25(27)23-13-11-22(12-14-23)21-7-4-3-5-8-21/h3-5,7-16H,6,17-19H2,1-2H3. The van der Waals surface area contributed by atoms with Crippen molar-refractivity contribution in [2.24, 2.45) is 0 Å². The molecule has 0 radical (unpaired) electrons. The summed E-state index contributed by atoms with van der Waals surface area (Å²) in [7, 11) is -1.95. The Morgan fingerprint density at radius 3 is 2.09 bits per heavy atom. The van der Waals surface area contributed by atoms with Crippen LogP contribution in [0.4, 0.5) is 0 Å². The predicted octanol–water partition coefficient (Wildman–Crippen LogP) is 4.37. The van der Waals surface area contributed by atoms with Crippen LogP contribution in [0.3, 0.4) is 0 Å². The summed E-state index contributed by atoms with van der Waals surface area (Å²) >= 11 is 0. The molecule has 3 aromatic rings. The molecule has 1 amide bonds. The van der Waals surface area contributed by atoms with Crippen molar-refractivity contribution < 1.29 is 22.1 Å². The lowest BCUT2D eigenvalue weighted by molar-refractivity contribution is 0.0723. The number of carbonyl (C=O) groups excluding carboxylic acids is 1. The summed E-state index contributed by atoms with van der Waals surface area (Å²) in [5.74, 6) is 0.169. The highest BCUT2D eigenvalue weighted by Crippen LogP contribution is 2.21. The molecule has 0 unspecified atom stereocenters. The molecule has 0 saturated heterocycles. The second-order valence-electron chi connectivity index (χ2n) is 7.45. The zero-order valence-electron chi connectivity index (χ0n) is 18.2. The van der Waals surface area contributed by atoms with Gasteiger partial charge >= 0.3 is 10.1 Å². The molecular formula is C25H27NO5S. The molecule has 6 nitrogen and oxygen atoms in total. The summed E-state index contributed by atoms with van der Waals surface area (Å²) in [6.07, 6.45) is 1.71. The first-order chi connectivity index (χ1) is 15.4. The molecular weight excluding hydrogens is 426 g/mol. The summed E-state index contributed by atoms with van der Waals surface area (Å²) < 4.78 is 32.6. The van der Waals surface area contributed by atoms with Crippen LogP contribution in [0.15, 0.2) is 78.9 Å². The Hall–Kier alpha value is -3.16. The highest BCUT2D eigenvalue weighted by Gasteiger charge is 2.16. The smallest absolute Gasteiger partial charge is 0.306 e. The molecule has 0 heterocycles. The van der Waals surface area contributed by atoms with Gasteiger partial charge in [0, 0.05) is 32.4 Å². The topological polar surface area (TPSA) is 72.9 Å². The van der Waals surface area contributed by atoms with Crippen LogP contribution >= 0.6 is 0 Å². The van der Waals surface area contributed by atoms with Gasteiger partial charge in [-0.05, 0) is 47.4 Å². The zero-order chi connectivity index (χ0) is 23.0. The van der Waals surface area contributed by atoms with Gasteiger partial charge in [0.25, 0.3) is 5.91 Å². The van der Waals surface area contributed by atoms with E-state index in [2.05, 4.69) is 0 Å². The van der Waals surface area contributed by atoms with E-state index in [0.717, 1.165) is 22.9 Å². The third kappa shape index (κ3) is 6.93. The summed E-state index contributed by atoms with van der Waals surface area (Å²) in [4.78, 5) is 15.0. The largest absolute Gasteiger partial charge is 0.385 e. The van der Waals surface area contributed by atoms with Crippen LogP contribution in [0.2, 0.25) is 0 Å². The van der Waals surface area contributed by atoms with Gasteiger partial charge in [-0.2, -0.15) is 8.42 Å². The predicted molar refractivity (Wildman–Crippen MR) is 125 cm³/mol. The molecule has 0 fully saturated rings. The van der Waals surface area contributed by atoms with Gasteiger partial charge in [0.15, 0.2) is 0 Å². The van der Waals surface area contributed by atoms with Crippen molar-refractivity contribution in [3.63, 3.8) is 0 Å². The van der Waals surface area contributed by atoms with E-state index < -0.39 is 10.1 Å².